The Morgan fingerprint density at radius 1 is 1.15 bits per heavy atom. The van der Waals surface area contributed by atoms with Crippen LogP contribution in [0, 0.1) is 11.6 Å². The number of anilines is 3. The Kier molecular flexibility index (Phi) is 8.85. The molecule has 0 saturated carbocycles. The van der Waals surface area contributed by atoms with E-state index in [1.54, 1.807) is 25.3 Å². The molecule has 0 spiro atoms. The summed E-state index contributed by atoms with van der Waals surface area (Å²) in [4.78, 5) is 23.4. The standard InChI is InChI=1S/C28H31F2N7O4/c1-40-24-13-22-23(14-25(24)41-7-3-6-37-5-2-4-21(37)15-38)31-16-32-28(22)34-26-11-20(35-36-26)12-27(39)33-19-9-17(29)8-18(30)10-19/h8-11,13-14,16,21,38H,2-7,12,15H2,1H3,(H,33,39)(H2,31,32,34,35,36)/t21-/m0/s1. The van der Waals surface area contributed by atoms with Gasteiger partial charge in [0.25, 0.3) is 0 Å². The first-order valence-corrected chi connectivity index (χ1v) is 13.3. The Labute approximate surface area is 234 Å². The van der Waals surface area contributed by atoms with Gasteiger partial charge in [0.05, 0.1) is 32.3 Å². The molecule has 4 aromatic rings. The average molecular weight is 568 g/mol. The maximum Gasteiger partial charge on any atom is 0.230 e. The zero-order valence-electron chi connectivity index (χ0n) is 22.5. The number of carbonyl (C=O) groups is 1. The van der Waals surface area contributed by atoms with Crippen LogP contribution < -0.4 is 20.1 Å². The first kappa shape index (κ1) is 28.2. The number of aromatic nitrogens is 4. The number of H-pyrrole nitrogens is 1. The van der Waals surface area contributed by atoms with E-state index in [0.29, 0.717) is 46.3 Å². The van der Waals surface area contributed by atoms with Crippen LogP contribution in [-0.2, 0) is 11.2 Å². The predicted molar refractivity (Wildman–Crippen MR) is 148 cm³/mol. The van der Waals surface area contributed by atoms with Crippen molar-refractivity contribution in [1.29, 1.82) is 0 Å². The highest BCUT2D eigenvalue weighted by Crippen LogP contribution is 2.34. The quantitative estimate of drug-likeness (QED) is 0.188. The van der Waals surface area contributed by atoms with Gasteiger partial charge in [-0.25, -0.2) is 18.7 Å². The molecule has 1 fully saturated rings. The maximum absolute atomic E-state index is 13.4. The lowest BCUT2D eigenvalue weighted by Gasteiger charge is -2.22. The number of halogens is 2. The van der Waals surface area contributed by atoms with Crippen molar-refractivity contribution in [1.82, 2.24) is 25.1 Å². The fraction of sp³-hybridized carbons (Fsp3) is 0.357. The third kappa shape index (κ3) is 7.05. The predicted octanol–water partition coefficient (Wildman–Crippen LogP) is 3.79. The molecule has 3 heterocycles. The number of rotatable bonds is 12. The molecule has 0 aliphatic carbocycles. The van der Waals surface area contributed by atoms with Crippen LogP contribution >= 0.6 is 0 Å². The van der Waals surface area contributed by atoms with E-state index in [1.807, 2.05) is 0 Å². The number of ether oxygens (including phenoxy) is 2. The molecule has 41 heavy (non-hydrogen) atoms. The minimum Gasteiger partial charge on any atom is -0.493 e. The fourth-order valence-electron chi connectivity index (χ4n) is 4.92. The number of carbonyl (C=O) groups excluding carboxylic acids is 1. The molecule has 2 aromatic carbocycles. The molecule has 1 atom stereocenters. The smallest absolute Gasteiger partial charge is 0.230 e. The summed E-state index contributed by atoms with van der Waals surface area (Å²) >= 11 is 0. The number of aliphatic hydroxyl groups is 1. The van der Waals surface area contributed by atoms with Crippen LogP contribution in [0.1, 0.15) is 25.0 Å². The third-order valence-electron chi connectivity index (χ3n) is 6.85. The summed E-state index contributed by atoms with van der Waals surface area (Å²) in [7, 11) is 1.56. The van der Waals surface area contributed by atoms with Crippen LogP contribution in [-0.4, -0.2) is 75.5 Å². The number of hydrogen-bond acceptors (Lipinski definition) is 9. The van der Waals surface area contributed by atoms with Crippen molar-refractivity contribution < 1.29 is 28.2 Å². The molecule has 2 aromatic heterocycles. The van der Waals surface area contributed by atoms with Crippen molar-refractivity contribution in [2.75, 3.05) is 44.0 Å². The van der Waals surface area contributed by atoms with Crippen molar-refractivity contribution in [3.05, 3.63) is 60.1 Å². The first-order valence-electron chi connectivity index (χ1n) is 13.3. The molecule has 11 nitrogen and oxygen atoms in total. The molecule has 0 bridgehead atoms. The number of nitrogens with zero attached hydrogens (tertiary/aromatic N) is 4. The van der Waals surface area contributed by atoms with Crippen LogP contribution in [0.25, 0.3) is 10.9 Å². The molecule has 1 aliphatic heterocycles. The highest BCUT2D eigenvalue weighted by molar-refractivity contribution is 5.93. The lowest BCUT2D eigenvalue weighted by Crippen LogP contribution is -2.33. The van der Waals surface area contributed by atoms with Gasteiger partial charge in [0, 0.05) is 47.6 Å². The maximum atomic E-state index is 13.4. The van der Waals surface area contributed by atoms with Gasteiger partial charge < -0.3 is 25.2 Å². The van der Waals surface area contributed by atoms with E-state index in [9.17, 15) is 18.7 Å². The molecule has 216 valence electrons. The number of aliphatic hydroxyl groups excluding tert-OH is 1. The molecule has 5 rings (SSSR count). The van der Waals surface area contributed by atoms with Gasteiger partial charge in [0.15, 0.2) is 17.3 Å². The molecule has 1 saturated heterocycles. The fourth-order valence-corrected chi connectivity index (χ4v) is 4.92. The summed E-state index contributed by atoms with van der Waals surface area (Å²) in [5.74, 6) is -0.0588. The molecule has 1 aliphatic rings. The van der Waals surface area contributed by atoms with Gasteiger partial charge >= 0.3 is 0 Å². The van der Waals surface area contributed by atoms with Gasteiger partial charge in [-0.3, -0.25) is 14.8 Å². The SMILES string of the molecule is COc1cc2c(Nc3cc(CC(=O)Nc4cc(F)cc(F)c4)[nH]n3)ncnc2cc1OCCCN1CCC[C@H]1CO. The second-order valence-electron chi connectivity index (χ2n) is 9.75. The van der Waals surface area contributed by atoms with Gasteiger partial charge in [-0.05, 0) is 44.0 Å². The van der Waals surface area contributed by atoms with E-state index in [1.165, 1.54) is 6.33 Å². The number of hydrogen-bond donors (Lipinski definition) is 4. The van der Waals surface area contributed by atoms with Crippen LogP contribution in [0.2, 0.25) is 0 Å². The van der Waals surface area contributed by atoms with E-state index < -0.39 is 17.5 Å². The molecular weight excluding hydrogens is 536 g/mol. The molecule has 0 radical (unpaired) electrons. The average Bonchev–Trinajstić information content (AvgIpc) is 3.59. The summed E-state index contributed by atoms with van der Waals surface area (Å²) < 4.78 is 38.4. The van der Waals surface area contributed by atoms with E-state index in [4.69, 9.17) is 9.47 Å². The summed E-state index contributed by atoms with van der Waals surface area (Å²) in [6.07, 6.45) is 4.27. The van der Waals surface area contributed by atoms with E-state index in [-0.39, 0.29) is 24.8 Å². The van der Waals surface area contributed by atoms with Gasteiger partial charge in [-0.15, -0.1) is 0 Å². The summed E-state index contributed by atoms with van der Waals surface area (Å²) in [6, 6.07) is 8.25. The highest BCUT2D eigenvalue weighted by Gasteiger charge is 2.23. The number of fused-ring (bicyclic) bond motifs is 1. The van der Waals surface area contributed by atoms with Crippen molar-refractivity contribution in [2.24, 2.45) is 0 Å². The first-order chi connectivity index (χ1) is 19.9. The molecule has 13 heteroatoms. The van der Waals surface area contributed by atoms with Crippen LogP contribution in [0.15, 0.2) is 42.7 Å². The van der Waals surface area contributed by atoms with Crippen molar-refractivity contribution in [3.63, 3.8) is 0 Å². The van der Waals surface area contributed by atoms with E-state index >= 15 is 0 Å². The van der Waals surface area contributed by atoms with Gasteiger partial charge in [-0.1, -0.05) is 0 Å². The Morgan fingerprint density at radius 2 is 1.98 bits per heavy atom. The number of aromatic amines is 1. The zero-order valence-corrected chi connectivity index (χ0v) is 22.5. The number of amides is 1. The van der Waals surface area contributed by atoms with Crippen LogP contribution in [0.3, 0.4) is 0 Å². The number of likely N-dealkylation sites (tertiary alicyclic amines) is 1. The Balaban J connectivity index is 1.22. The number of benzene rings is 2. The third-order valence-corrected chi connectivity index (χ3v) is 6.85. The largest absolute Gasteiger partial charge is 0.493 e. The monoisotopic (exact) mass is 567 g/mol. The zero-order chi connectivity index (χ0) is 28.8. The minimum atomic E-state index is -0.782. The highest BCUT2D eigenvalue weighted by atomic mass is 19.1. The molecule has 0 unspecified atom stereocenters. The Morgan fingerprint density at radius 3 is 2.76 bits per heavy atom. The van der Waals surface area contributed by atoms with E-state index in [2.05, 4.69) is 35.7 Å². The topological polar surface area (TPSA) is 138 Å². The Hall–Kier alpha value is -4.36. The lowest BCUT2D eigenvalue weighted by molar-refractivity contribution is -0.115. The van der Waals surface area contributed by atoms with Gasteiger partial charge in [0.1, 0.15) is 23.8 Å². The van der Waals surface area contributed by atoms with Gasteiger partial charge in [-0.2, -0.15) is 5.10 Å². The van der Waals surface area contributed by atoms with Crippen molar-refractivity contribution in [3.8, 4) is 11.5 Å². The molecular formula is C28H31F2N7O4. The Bertz CT molecular complexity index is 1500. The molecule has 1 amide bonds. The minimum absolute atomic E-state index is 0.0250. The van der Waals surface area contributed by atoms with Gasteiger partial charge in [0.2, 0.25) is 5.91 Å². The normalized spacial score (nSPS) is 15.3. The second-order valence-corrected chi connectivity index (χ2v) is 9.75. The van der Waals surface area contributed by atoms with Crippen molar-refractivity contribution >= 4 is 34.1 Å². The van der Waals surface area contributed by atoms with Crippen LogP contribution in [0.4, 0.5) is 26.1 Å². The summed E-state index contributed by atoms with van der Waals surface area (Å²) in [6.45, 7) is 2.53. The summed E-state index contributed by atoms with van der Waals surface area (Å²) in [5, 5.41) is 22.7. The summed E-state index contributed by atoms with van der Waals surface area (Å²) in [5.41, 5.74) is 1.14. The lowest BCUT2D eigenvalue weighted by atomic mass is 10.2. The second kappa shape index (κ2) is 12.9. The van der Waals surface area contributed by atoms with E-state index in [0.717, 1.165) is 50.6 Å². The number of methoxy groups -OCH3 is 1. The van der Waals surface area contributed by atoms with Crippen LogP contribution in [0.5, 0.6) is 11.5 Å². The number of nitrogens with one attached hydrogen (secondary N) is 3. The molecule has 4 N–H and O–H groups in total. The van der Waals surface area contributed by atoms with Crippen molar-refractivity contribution in [2.45, 2.75) is 31.7 Å².